The first kappa shape index (κ1) is 22.3. The van der Waals surface area contributed by atoms with E-state index in [4.69, 9.17) is 14.8 Å². The van der Waals surface area contributed by atoms with E-state index in [1.807, 2.05) is 116 Å². The SMILES string of the molecule is Cc1cc(OCC(=O)N[C@H](C)c2ccccc2)nc2c1c(-c1ccccc1)nn2-c1ccccc1. The van der Waals surface area contributed by atoms with Crippen molar-refractivity contribution >= 4 is 16.9 Å². The van der Waals surface area contributed by atoms with Crippen molar-refractivity contribution in [2.75, 3.05) is 6.61 Å². The van der Waals surface area contributed by atoms with Crippen molar-refractivity contribution < 1.29 is 9.53 Å². The molecule has 6 nitrogen and oxygen atoms in total. The summed E-state index contributed by atoms with van der Waals surface area (Å²) in [6.07, 6.45) is 0. The summed E-state index contributed by atoms with van der Waals surface area (Å²) in [4.78, 5) is 17.3. The van der Waals surface area contributed by atoms with Crippen molar-refractivity contribution in [2.24, 2.45) is 0 Å². The summed E-state index contributed by atoms with van der Waals surface area (Å²) in [5, 5.41) is 8.84. The zero-order chi connectivity index (χ0) is 24.2. The summed E-state index contributed by atoms with van der Waals surface area (Å²) >= 11 is 0. The second-order valence-corrected chi connectivity index (χ2v) is 8.43. The van der Waals surface area contributed by atoms with E-state index in [-0.39, 0.29) is 18.6 Å². The molecule has 6 heteroatoms. The van der Waals surface area contributed by atoms with Crippen molar-refractivity contribution in [3.63, 3.8) is 0 Å². The Morgan fingerprint density at radius 1 is 0.943 bits per heavy atom. The number of carbonyl (C=O) groups excluding carboxylic acids is 1. The van der Waals surface area contributed by atoms with Gasteiger partial charge in [0.25, 0.3) is 5.91 Å². The molecule has 2 heterocycles. The van der Waals surface area contributed by atoms with Crippen molar-refractivity contribution in [3.8, 4) is 22.8 Å². The maximum absolute atomic E-state index is 12.5. The second-order valence-electron chi connectivity index (χ2n) is 8.43. The van der Waals surface area contributed by atoms with Crippen LogP contribution in [-0.4, -0.2) is 27.3 Å². The first-order chi connectivity index (χ1) is 17.1. The van der Waals surface area contributed by atoms with Crippen LogP contribution in [0.25, 0.3) is 28.0 Å². The minimum atomic E-state index is -0.206. The first-order valence-corrected chi connectivity index (χ1v) is 11.6. The van der Waals surface area contributed by atoms with E-state index in [0.29, 0.717) is 11.5 Å². The van der Waals surface area contributed by atoms with Gasteiger partial charge in [0.2, 0.25) is 5.88 Å². The van der Waals surface area contributed by atoms with Gasteiger partial charge >= 0.3 is 0 Å². The molecule has 5 aromatic rings. The number of ether oxygens (including phenoxy) is 1. The third-order valence-electron chi connectivity index (χ3n) is 5.89. The minimum Gasteiger partial charge on any atom is -0.468 e. The monoisotopic (exact) mass is 462 g/mol. The van der Waals surface area contributed by atoms with Gasteiger partial charge in [-0.15, -0.1) is 0 Å². The van der Waals surface area contributed by atoms with Crippen molar-refractivity contribution in [1.82, 2.24) is 20.1 Å². The van der Waals surface area contributed by atoms with Crippen LogP contribution in [0.3, 0.4) is 0 Å². The number of aryl methyl sites for hydroxylation is 1. The highest BCUT2D eigenvalue weighted by Crippen LogP contribution is 2.33. The molecule has 3 aromatic carbocycles. The molecule has 1 amide bonds. The van der Waals surface area contributed by atoms with Crippen LogP contribution in [0.15, 0.2) is 97.1 Å². The largest absolute Gasteiger partial charge is 0.468 e. The predicted octanol–water partition coefficient (Wildman–Crippen LogP) is 5.65. The number of carbonyl (C=O) groups is 1. The van der Waals surface area contributed by atoms with E-state index in [0.717, 1.165) is 33.5 Å². The summed E-state index contributed by atoms with van der Waals surface area (Å²) in [7, 11) is 0. The number of nitrogens with zero attached hydrogens (tertiary/aromatic N) is 3. The summed E-state index contributed by atoms with van der Waals surface area (Å²) in [6, 6.07) is 31.5. The number of pyridine rings is 1. The number of hydrogen-bond donors (Lipinski definition) is 1. The van der Waals surface area contributed by atoms with Crippen molar-refractivity contribution in [2.45, 2.75) is 19.9 Å². The van der Waals surface area contributed by atoms with Gasteiger partial charge in [-0.1, -0.05) is 78.9 Å². The van der Waals surface area contributed by atoms with E-state index in [1.165, 1.54) is 0 Å². The molecule has 174 valence electrons. The number of fused-ring (bicyclic) bond motifs is 1. The topological polar surface area (TPSA) is 69.0 Å². The zero-order valence-electron chi connectivity index (χ0n) is 19.7. The smallest absolute Gasteiger partial charge is 0.258 e. The Morgan fingerprint density at radius 2 is 1.57 bits per heavy atom. The average molecular weight is 463 g/mol. The summed E-state index contributed by atoms with van der Waals surface area (Å²) in [5.41, 5.74) is 5.47. The number of amides is 1. The molecule has 5 rings (SSSR count). The van der Waals surface area contributed by atoms with Gasteiger partial charge < -0.3 is 10.1 Å². The van der Waals surface area contributed by atoms with Gasteiger partial charge in [-0.25, -0.2) is 4.68 Å². The van der Waals surface area contributed by atoms with Gasteiger partial charge in [-0.05, 0) is 37.1 Å². The third kappa shape index (κ3) is 4.77. The van der Waals surface area contributed by atoms with Crippen LogP contribution in [0, 0.1) is 6.92 Å². The lowest BCUT2D eigenvalue weighted by Crippen LogP contribution is -2.31. The van der Waals surface area contributed by atoms with E-state index in [9.17, 15) is 4.79 Å². The minimum absolute atomic E-state index is 0.114. The fraction of sp³-hybridized carbons (Fsp3) is 0.138. The number of hydrogen-bond acceptors (Lipinski definition) is 4. The van der Waals surface area contributed by atoms with E-state index in [2.05, 4.69) is 5.32 Å². The predicted molar refractivity (Wildman–Crippen MR) is 138 cm³/mol. The third-order valence-corrected chi connectivity index (χ3v) is 5.89. The fourth-order valence-corrected chi connectivity index (χ4v) is 4.14. The molecule has 0 aliphatic carbocycles. The highest BCUT2D eigenvalue weighted by Gasteiger charge is 2.19. The van der Waals surface area contributed by atoms with E-state index >= 15 is 0 Å². The quantitative estimate of drug-likeness (QED) is 0.339. The summed E-state index contributed by atoms with van der Waals surface area (Å²) < 4.78 is 7.66. The van der Waals surface area contributed by atoms with Crippen LogP contribution in [0.5, 0.6) is 5.88 Å². The Hall–Kier alpha value is -4.45. The van der Waals surface area contributed by atoms with Crippen LogP contribution in [0.4, 0.5) is 0 Å². The number of nitrogens with one attached hydrogen (secondary N) is 1. The summed E-state index contributed by atoms with van der Waals surface area (Å²) in [6.45, 7) is 3.84. The molecule has 2 aromatic heterocycles. The zero-order valence-corrected chi connectivity index (χ0v) is 19.7. The Balaban J connectivity index is 1.45. The summed E-state index contributed by atoms with van der Waals surface area (Å²) in [5.74, 6) is 0.177. The Kier molecular flexibility index (Phi) is 6.26. The molecule has 1 atom stereocenters. The van der Waals surface area contributed by atoms with E-state index in [1.54, 1.807) is 0 Å². The van der Waals surface area contributed by atoms with Crippen LogP contribution < -0.4 is 10.1 Å². The number of benzene rings is 3. The molecule has 0 saturated heterocycles. The first-order valence-electron chi connectivity index (χ1n) is 11.6. The van der Waals surface area contributed by atoms with Crippen LogP contribution in [0.1, 0.15) is 24.1 Å². The van der Waals surface area contributed by atoms with E-state index < -0.39 is 0 Å². The normalized spacial score (nSPS) is 11.8. The standard InChI is InChI=1S/C29H26N4O2/c1-20-18-26(35-19-25(34)30-21(2)22-12-6-3-7-13-22)31-29-27(20)28(23-14-8-4-9-15-23)32-33(29)24-16-10-5-11-17-24/h3-18,21H,19H2,1-2H3,(H,30,34)/t21-/m1/s1. The second kappa shape index (κ2) is 9.81. The van der Waals surface area contributed by atoms with Gasteiger partial charge in [0.1, 0.15) is 5.69 Å². The Bertz CT molecular complexity index is 1450. The average Bonchev–Trinajstić information content (AvgIpc) is 3.29. The van der Waals surface area contributed by atoms with Crippen molar-refractivity contribution in [3.05, 3.63) is 108 Å². The number of para-hydroxylation sites is 1. The lowest BCUT2D eigenvalue weighted by molar-refractivity contribution is -0.123. The molecule has 0 spiro atoms. The van der Waals surface area contributed by atoms with Crippen LogP contribution in [-0.2, 0) is 4.79 Å². The maximum Gasteiger partial charge on any atom is 0.258 e. The van der Waals surface area contributed by atoms with Gasteiger partial charge in [0, 0.05) is 11.6 Å². The van der Waals surface area contributed by atoms with Crippen LogP contribution >= 0.6 is 0 Å². The molecule has 0 radical (unpaired) electrons. The molecule has 1 N–H and O–H groups in total. The molecule has 0 unspecified atom stereocenters. The molecule has 0 aliphatic heterocycles. The maximum atomic E-state index is 12.5. The van der Waals surface area contributed by atoms with Gasteiger partial charge in [-0.3, -0.25) is 4.79 Å². The molecule has 0 bridgehead atoms. The molecule has 0 fully saturated rings. The highest BCUT2D eigenvalue weighted by atomic mass is 16.5. The van der Waals surface area contributed by atoms with Crippen LogP contribution in [0.2, 0.25) is 0 Å². The highest BCUT2D eigenvalue weighted by molar-refractivity contribution is 5.95. The van der Waals surface area contributed by atoms with Gasteiger partial charge in [0.05, 0.1) is 17.1 Å². The Morgan fingerprint density at radius 3 is 2.26 bits per heavy atom. The number of rotatable bonds is 7. The lowest BCUT2D eigenvalue weighted by Gasteiger charge is -2.14. The molecule has 0 saturated carbocycles. The molecule has 0 aliphatic rings. The molecular formula is C29H26N4O2. The molecule has 35 heavy (non-hydrogen) atoms. The Labute approximate surface area is 204 Å². The molecular weight excluding hydrogens is 436 g/mol. The number of aromatic nitrogens is 3. The van der Waals surface area contributed by atoms with Gasteiger partial charge in [0.15, 0.2) is 12.3 Å². The fourth-order valence-electron chi connectivity index (χ4n) is 4.14. The van der Waals surface area contributed by atoms with Gasteiger partial charge in [-0.2, -0.15) is 10.1 Å². The lowest BCUT2D eigenvalue weighted by atomic mass is 10.1. The van der Waals surface area contributed by atoms with Crippen molar-refractivity contribution in [1.29, 1.82) is 0 Å².